The molecule has 0 aromatic heterocycles. The summed E-state index contributed by atoms with van der Waals surface area (Å²) in [6.07, 6.45) is 9.77. The molecule has 0 aliphatic heterocycles. The van der Waals surface area contributed by atoms with Gasteiger partial charge in [-0.15, -0.1) is 0 Å². The maximum atomic E-state index is 5.25. The Hall–Kier alpha value is -0.340. The molecule has 0 N–H and O–H groups in total. The minimum Gasteiger partial charge on any atom is -0.239 e. The fourth-order valence-corrected chi connectivity index (χ4v) is 1.83. The zero-order valence-corrected chi connectivity index (χ0v) is 8.71. The van der Waals surface area contributed by atoms with Gasteiger partial charge in [-0.25, -0.2) is 9.78 Å². The Kier molecular flexibility index (Phi) is 5.09. The van der Waals surface area contributed by atoms with Crippen LogP contribution in [0.1, 0.15) is 45.4 Å². The number of allylic oxidation sites excluding steroid dienone is 1. The first kappa shape index (κ1) is 10.7. The lowest BCUT2D eigenvalue weighted by molar-refractivity contribution is -0.297. The van der Waals surface area contributed by atoms with Gasteiger partial charge in [-0.3, -0.25) is 0 Å². The second-order valence-electron chi connectivity index (χ2n) is 3.57. The summed E-state index contributed by atoms with van der Waals surface area (Å²) in [5.41, 5.74) is 1.44. The first-order valence-electron chi connectivity index (χ1n) is 5.27. The third kappa shape index (κ3) is 3.49. The Labute approximate surface area is 80.8 Å². The first-order valence-corrected chi connectivity index (χ1v) is 5.27. The fourth-order valence-electron chi connectivity index (χ4n) is 1.83. The first-order chi connectivity index (χ1) is 6.38. The Morgan fingerprint density at radius 2 is 2.31 bits per heavy atom. The zero-order valence-electron chi connectivity index (χ0n) is 8.71. The van der Waals surface area contributed by atoms with Crippen molar-refractivity contribution in [3.8, 4) is 0 Å². The average molecular weight is 184 g/mol. The fraction of sp³-hybridized carbons (Fsp3) is 0.818. The molecule has 2 nitrogen and oxygen atoms in total. The molecule has 2 heteroatoms. The number of rotatable bonds is 5. The van der Waals surface area contributed by atoms with Gasteiger partial charge in [0.1, 0.15) is 6.10 Å². The Balaban J connectivity index is 2.46. The van der Waals surface area contributed by atoms with Crippen molar-refractivity contribution in [2.75, 3.05) is 7.11 Å². The van der Waals surface area contributed by atoms with Gasteiger partial charge in [0.25, 0.3) is 0 Å². The van der Waals surface area contributed by atoms with Gasteiger partial charge >= 0.3 is 0 Å². The molecule has 0 radical (unpaired) electrons. The molecular formula is C11H20O2. The molecule has 1 rings (SSSR count). The smallest absolute Gasteiger partial charge is 0.114 e. The highest BCUT2D eigenvalue weighted by Gasteiger charge is 2.16. The molecule has 1 aliphatic carbocycles. The normalized spacial score (nSPS) is 19.7. The molecule has 0 aromatic rings. The molecule has 13 heavy (non-hydrogen) atoms. The molecular weight excluding hydrogens is 164 g/mol. The van der Waals surface area contributed by atoms with Gasteiger partial charge in [-0.05, 0) is 37.7 Å². The Morgan fingerprint density at radius 1 is 1.46 bits per heavy atom. The molecule has 1 unspecified atom stereocenters. The van der Waals surface area contributed by atoms with Crippen molar-refractivity contribution in [3.05, 3.63) is 11.6 Å². The lowest BCUT2D eigenvalue weighted by Gasteiger charge is -2.21. The van der Waals surface area contributed by atoms with Gasteiger partial charge in [-0.1, -0.05) is 19.4 Å². The molecule has 0 bridgehead atoms. The van der Waals surface area contributed by atoms with Crippen molar-refractivity contribution in [2.24, 2.45) is 0 Å². The maximum Gasteiger partial charge on any atom is 0.114 e. The summed E-state index contributed by atoms with van der Waals surface area (Å²) in [5.74, 6) is 0. The summed E-state index contributed by atoms with van der Waals surface area (Å²) >= 11 is 0. The SMILES string of the molecule is CCCC(OOC)C1=CCCCC1. The Bertz CT molecular complexity index is 157. The van der Waals surface area contributed by atoms with Crippen LogP contribution in [0.25, 0.3) is 0 Å². The predicted octanol–water partition coefficient (Wildman–Crippen LogP) is 3.23. The monoisotopic (exact) mass is 184 g/mol. The van der Waals surface area contributed by atoms with Gasteiger partial charge < -0.3 is 0 Å². The van der Waals surface area contributed by atoms with E-state index in [1.807, 2.05) is 0 Å². The van der Waals surface area contributed by atoms with E-state index < -0.39 is 0 Å². The highest BCUT2D eigenvalue weighted by molar-refractivity contribution is 5.10. The van der Waals surface area contributed by atoms with Crippen LogP contribution >= 0.6 is 0 Å². The van der Waals surface area contributed by atoms with E-state index >= 15 is 0 Å². The van der Waals surface area contributed by atoms with Crippen molar-refractivity contribution >= 4 is 0 Å². The summed E-state index contributed by atoms with van der Waals surface area (Å²) in [5, 5.41) is 0. The quantitative estimate of drug-likeness (QED) is 0.371. The van der Waals surface area contributed by atoms with Crippen molar-refractivity contribution in [1.82, 2.24) is 0 Å². The van der Waals surface area contributed by atoms with E-state index in [0.29, 0.717) is 0 Å². The minimum absolute atomic E-state index is 0.204. The molecule has 0 saturated heterocycles. The van der Waals surface area contributed by atoms with Gasteiger partial charge in [-0.2, -0.15) is 0 Å². The zero-order chi connectivity index (χ0) is 9.52. The summed E-state index contributed by atoms with van der Waals surface area (Å²) in [6, 6.07) is 0. The van der Waals surface area contributed by atoms with Crippen LogP contribution in [0, 0.1) is 0 Å². The molecule has 0 fully saturated rings. The molecule has 1 atom stereocenters. The van der Waals surface area contributed by atoms with E-state index in [9.17, 15) is 0 Å². The number of hydrogen-bond acceptors (Lipinski definition) is 2. The third-order valence-corrected chi connectivity index (χ3v) is 2.50. The number of hydrogen-bond donors (Lipinski definition) is 0. The highest BCUT2D eigenvalue weighted by atomic mass is 17.2. The van der Waals surface area contributed by atoms with E-state index in [4.69, 9.17) is 9.78 Å². The van der Waals surface area contributed by atoms with Crippen LogP contribution in [-0.2, 0) is 9.78 Å². The van der Waals surface area contributed by atoms with E-state index in [0.717, 1.165) is 12.8 Å². The standard InChI is InChI=1S/C11H20O2/c1-3-7-11(13-12-2)10-8-5-4-6-9-10/h8,11H,3-7,9H2,1-2H3. The van der Waals surface area contributed by atoms with Crippen LogP contribution in [0.15, 0.2) is 11.6 Å². The maximum absolute atomic E-state index is 5.25. The molecule has 76 valence electrons. The van der Waals surface area contributed by atoms with Crippen LogP contribution < -0.4 is 0 Å². The van der Waals surface area contributed by atoms with Crippen LogP contribution in [0.3, 0.4) is 0 Å². The van der Waals surface area contributed by atoms with Gasteiger partial charge in [0, 0.05) is 0 Å². The van der Waals surface area contributed by atoms with Crippen LogP contribution in [0.4, 0.5) is 0 Å². The van der Waals surface area contributed by atoms with E-state index in [-0.39, 0.29) is 6.10 Å². The van der Waals surface area contributed by atoms with E-state index in [2.05, 4.69) is 13.0 Å². The second kappa shape index (κ2) is 6.17. The molecule has 0 aromatic carbocycles. The van der Waals surface area contributed by atoms with Crippen LogP contribution in [-0.4, -0.2) is 13.2 Å². The van der Waals surface area contributed by atoms with Gasteiger partial charge in [0.15, 0.2) is 0 Å². The lowest BCUT2D eigenvalue weighted by atomic mass is 9.93. The lowest BCUT2D eigenvalue weighted by Crippen LogP contribution is -2.16. The molecule has 1 aliphatic rings. The Morgan fingerprint density at radius 3 is 2.85 bits per heavy atom. The summed E-state index contributed by atoms with van der Waals surface area (Å²) < 4.78 is 0. The molecule has 0 heterocycles. The van der Waals surface area contributed by atoms with Crippen molar-refractivity contribution in [1.29, 1.82) is 0 Å². The van der Waals surface area contributed by atoms with Gasteiger partial charge in [0.05, 0.1) is 7.11 Å². The van der Waals surface area contributed by atoms with Crippen molar-refractivity contribution in [2.45, 2.75) is 51.6 Å². The summed E-state index contributed by atoms with van der Waals surface area (Å²) in [4.78, 5) is 10.0. The van der Waals surface area contributed by atoms with Crippen LogP contribution in [0.5, 0.6) is 0 Å². The molecule has 0 saturated carbocycles. The van der Waals surface area contributed by atoms with Gasteiger partial charge in [0.2, 0.25) is 0 Å². The summed E-state index contributed by atoms with van der Waals surface area (Å²) in [7, 11) is 1.59. The topological polar surface area (TPSA) is 18.5 Å². The minimum atomic E-state index is 0.204. The second-order valence-corrected chi connectivity index (χ2v) is 3.57. The van der Waals surface area contributed by atoms with E-state index in [1.54, 1.807) is 7.11 Å². The molecule has 0 spiro atoms. The highest BCUT2D eigenvalue weighted by Crippen LogP contribution is 2.24. The van der Waals surface area contributed by atoms with Crippen LogP contribution in [0.2, 0.25) is 0 Å². The van der Waals surface area contributed by atoms with E-state index in [1.165, 1.54) is 31.3 Å². The van der Waals surface area contributed by atoms with Crippen molar-refractivity contribution < 1.29 is 9.78 Å². The summed E-state index contributed by atoms with van der Waals surface area (Å²) in [6.45, 7) is 2.18. The van der Waals surface area contributed by atoms with Crippen molar-refractivity contribution in [3.63, 3.8) is 0 Å². The average Bonchev–Trinajstić information content (AvgIpc) is 2.19. The third-order valence-electron chi connectivity index (χ3n) is 2.50. The largest absolute Gasteiger partial charge is 0.239 e. The predicted molar refractivity (Wildman–Crippen MR) is 53.3 cm³/mol. The molecule has 0 amide bonds.